The van der Waals surface area contributed by atoms with Crippen LogP contribution in [-0.2, 0) is 11.2 Å². The van der Waals surface area contributed by atoms with Crippen LogP contribution in [0.15, 0.2) is 48.6 Å². The number of benzene rings is 1. The first kappa shape index (κ1) is 19.0. The summed E-state index contributed by atoms with van der Waals surface area (Å²) in [7, 11) is 0. The van der Waals surface area contributed by atoms with Crippen molar-refractivity contribution in [2.75, 3.05) is 6.54 Å². The number of rotatable bonds is 11. The third-order valence-electron chi connectivity index (χ3n) is 3.62. The minimum atomic E-state index is -0.0728. The first-order valence-electron chi connectivity index (χ1n) is 8.61. The second kappa shape index (κ2) is 12.5. The Hall–Kier alpha value is -2.03. The molecule has 1 aromatic carbocycles. The fourth-order valence-electron chi connectivity index (χ4n) is 2.24. The molecule has 0 atom stereocenters. The highest BCUT2D eigenvalue weighted by atomic mass is 16.3. The minimum Gasteiger partial charge on any atom is -0.508 e. The molecule has 0 unspecified atom stereocenters. The number of aromatic hydroxyl groups is 1. The maximum atomic E-state index is 11.6. The Bertz CT molecular complexity index is 489. The Kier molecular flexibility index (Phi) is 10.3. The van der Waals surface area contributed by atoms with Crippen LogP contribution in [0.4, 0.5) is 0 Å². The third-order valence-corrected chi connectivity index (χ3v) is 3.62. The monoisotopic (exact) mass is 315 g/mol. The van der Waals surface area contributed by atoms with Crippen LogP contribution in [0.25, 0.3) is 0 Å². The maximum absolute atomic E-state index is 11.6. The van der Waals surface area contributed by atoms with Gasteiger partial charge in [-0.05, 0) is 37.0 Å². The Morgan fingerprint density at radius 1 is 1.09 bits per heavy atom. The average molecular weight is 315 g/mol. The van der Waals surface area contributed by atoms with E-state index in [9.17, 15) is 9.90 Å². The van der Waals surface area contributed by atoms with E-state index in [0.717, 1.165) is 18.4 Å². The van der Waals surface area contributed by atoms with Crippen LogP contribution in [0.2, 0.25) is 0 Å². The molecule has 0 aliphatic carbocycles. The smallest absolute Gasteiger partial charge is 0.243 e. The number of hydrogen-bond donors (Lipinski definition) is 2. The zero-order valence-electron chi connectivity index (χ0n) is 14.1. The van der Waals surface area contributed by atoms with E-state index in [2.05, 4.69) is 18.3 Å². The molecule has 2 N–H and O–H groups in total. The molecule has 3 nitrogen and oxygen atoms in total. The highest BCUT2D eigenvalue weighted by Crippen LogP contribution is 2.09. The number of phenolic OH excluding ortho intramolecular Hbond substituents is 1. The van der Waals surface area contributed by atoms with Gasteiger partial charge in [-0.3, -0.25) is 4.79 Å². The van der Waals surface area contributed by atoms with Crippen molar-refractivity contribution in [3.05, 3.63) is 54.1 Å². The van der Waals surface area contributed by atoms with E-state index in [1.165, 1.54) is 32.1 Å². The summed E-state index contributed by atoms with van der Waals surface area (Å²) >= 11 is 0. The van der Waals surface area contributed by atoms with Gasteiger partial charge >= 0.3 is 0 Å². The summed E-state index contributed by atoms with van der Waals surface area (Å²) in [4.78, 5) is 11.6. The molecule has 0 saturated carbocycles. The lowest BCUT2D eigenvalue weighted by atomic mass is 10.1. The predicted molar refractivity (Wildman–Crippen MR) is 96.5 cm³/mol. The van der Waals surface area contributed by atoms with Gasteiger partial charge < -0.3 is 10.4 Å². The molecule has 3 heteroatoms. The van der Waals surface area contributed by atoms with E-state index in [1.807, 2.05) is 18.2 Å². The summed E-state index contributed by atoms with van der Waals surface area (Å²) in [6.07, 6.45) is 15.7. The van der Waals surface area contributed by atoms with E-state index in [4.69, 9.17) is 0 Å². The SMILES string of the molecule is CCCCCCCC=CC=CC(=O)NCCc1ccc(O)cc1. The lowest BCUT2D eigenvalue weighted by Crippen LogP contribution is -2.23. The van der Waals surface area contributed by atoms with Gasteiger partial charge in [0.25, 0.3) is 0 Å². The topological polar surface area (TPSA) is 49.3 Å². The van der Waals surface area contributed by atoms with Crippen molar-refractivity contribution >= 4 is 5.91 Å². The first-order chi connectivity index (χ1) is 11.2. The van der Waals surface area contributed by atoms with Gasteiger partial charge in [0.05, 0.1) is 0 Å². The van der Waals surface area contributed by atoms with Gasteiger partial charge in [-0.2, -0.15) is 0 Å². The van der Waals surface area contributed by atoms with Crippen LogP contribution < -0.4 is 5.32 Å². The number of carbonyl (C=O) groups excluding carboxylic acids is 1. The number of hydrogen-bond acceptors (Lipinski definition) is 2. The van der Waals surface area contributed by atoms with Crippen molar-refractivity contribution in [1.29, 1.82) is 0 Å². The number of phenols is 1. The molecule has 0 aliphatic rings. The van der Waals surface area contributed by atoms with E-state index >= 15 is 0 Å². The molecule has 0 bridgehead atoms. The molecule has 126 valence electrons. The van der Waals surface area contributed by atoms with Crippen molar-refractivity contribution in [2.45, 2.75) is 51.9 Å². The van der Waals surface area contributed by atoms with E-state index in [0.29, 0.717) is 6.54 Å². The van der Waals surface area contributed by atoms with Crippen LogP contribution in [0.1, 0.15) is 51.0 Å². The fourth-order valence-corrected chi connectivity index (χ4v) is 2.24. The van der Waals surface area contributed by atoms with E-state index in [-0.39, 0.29) is 11.7 Å². The van der Waals surface area contributed by atoms with Crippen molar-refractivity contribution in [3.63, 3.8) is 0 Å². The van der Waals surface area contributed by atoms with Crippen LogP contribution in [0.5, 0.6) is 5.75 Å². The molecular formula is C20H29NO2. The van der Waals surface area contributed by atoms with Gasteiger partial charge in [0.2, 0.25) is 5.91 Å². The predicted octanol–water partition coefficient (Wildman–Crippen LogP) is 4.52. The van der Waals surface area contributed by atoms with Gasteiger partial charge in [-0.1, -0.05) is 63.0 Å². The Labute approximate surface area is 140 Å². The van der Waals surface area contributed by atoms with Gasteiger partial charge in [0.15, 0.2) is 0 Å². The van der Waals surface area contributed by atoms with E-state index in [1.54, 1.807) is 24.3 Å². The quantitative estimate of drug-likeness (QED) is 0.358. The molecule has 0 fully saturated rings. The van der Waals surface area contributed by atoms with Gasteiger partial charge in [0, 0.05) is 12.6 Å². The molecular weight excluding hydrogens is 286 g/mol. The van der Waals surface area contributed by atoms with Crippen molar-refractivity contribution in [3.8, 4) is 5.75 Å². The normalized spacial score (nSPS) is 11.3. The van der Waals surface area contributed by atoms with Gasteiger partial charge in [0.1, 0.15) is 5.75 Å². The number of nitrogens with one attached hydrogen (secondary N) is 1. The van der Waals surface area contributed by atoms with Gasteiger partial charge in [-0.15, -0.1) is 0 Å². The molecule has 23 heavy (non-hydrogen) atoms. The molecule has 0 radical (unpaired) electrons. The number of amides is 1. The number of allylic oxidation sites excluding steroid dienone is 3. The minimum absolute atomic E-state index is 0.0728. The molecule has 0 spiro atoms. The summed E-state index contributed by atoms with van der Waals surface area (Å²) in [6.45, 7) is 2.82. The second-order valence-electron chi connectivity index (χ2n) is 5.70. The van der Waals surface area contributed by atoms with Crippen molar-refractivity contribution in [2.24, 2.45) is 0 Å². The van der Waals surface area contributed by atoms with E-state index < -0.39 is 0 Å². The van der Waals surface area contributed by atoms with Crippen LogP contribution in [0.3, 0.4) is 0 Å². The second-order valence-corrected chi connectivity index (χ2v) is 5.70. The van der Waals surface area contributed by atoms with Gasteiger partial charge in [-0.25, -0.2) is 0 Å². The third kappa shape index (κ3) is 10.3. The molecule has 0 heterocycles. The lowest BCUT2D eigenvalue weighted by Gasteiger charge is -2.02. The summed E-state index contributed by atoms with van der Waals surface area (Å²) in [6, 6.07) is 7.04. The Balaban J connectivity index is 2.07. The van der Waals surface area contributed by atoms with Crippen molar-refractivity contribution in [1.82, 2.24) is 5.32 Å². The zero-order chi connectivity index (χ0) is 16.8. The fraction of sp³-hybridized carbons (Fsp3) is 0.450. The summed E-state index contributed by atoms with van der Waals surface area (Å²) in [5.41, 5.74) is 1.09. The van der Waals surface area contributed by atoms with Crippen molar-refractivity contribution < 1.29 is 9.90 Å². The Morgan fingerprint density at radius 3 is 2.57 bits per heavy atom. The lowest BCUT2D eigenvalue weighted by molar-refractivity contribution is -0.116. The standard InChI is InChI=1S/C20H29NO2/c1-2-3-4-5-6-7-8-9-10-11-20(23)21-17-16-18-12-14-19(22)15-13-18/h8-15,22H,2-7,16-17H2,1H3,(H,21,23). The molecule has 1 rings (SSSR count). The molecule has 0 aromatic heterocycles. The Morgan fingerprint density at radius 2 is 1.83 bits per heavy atom. The number of carbonyl (C=O) groups is 1. The average Bonchev–Trinajstić information content (AvgIpc) is 2.55. The molecule has 1 aromatic rings. The maximum Gasteiger partial charge on any atom is 0.243 e. The summed E-state index contributed by atoms with van der Waals surface area (Å²) in [5.74, 6) is 0.189. The largest absolute Gasteiger partial charge is 0.508 e. The molecule has 0 saturated heterocycles. The highest BCUT2D eigenvalue weighted by molar-refractivity contribution is 5.87. The first-order valence-corrected chi connectivity index (χ1v) is 8.61. The number of unbranched alkanes of at least 4 members (excludes halogenated alkanes) is 5. The van der Waals surface area contributed by atoms with Crippen LogP contribution in [-0.4, -0.2) is 17.6 Å². The summed E-state index contributed by atoms with van der Waals surface area (Å²) in [5, 5.41) is 12.0. The molecule has 0 aliphatic heterocycles. The van der Waals surface area contributed by atoms with Crippen LogP contribution in [0, 0.1) is 0 Å². The van der Waals surface area contributed by atoms with Crippen LogP contribution >= 0.6 is 0 Å². The zero-order valence-corrected chi connectivity index (χ0v) is 14.1. The molecule has 1 amide bonds. The highest BCUT2D eigenvalue weighted by Gasteiger charge is 1.96. The summed E-state index contributed by atoms with van der Waals surface area (Å²) < 4.78 is 0.